The molecule has 0 aliphatic heterocycles. The van der Waals surface area contributed by atoms with Crippen LogP contribution in [0.4, 0.5) is 13.2 Å². The lowest BCUT2D eigenvalue weighted by Gasteiger charge is -2.52. The molecular weight excluding hydrogens is 403 g/mol. The summed E-state index contributed by atoms with van der Waals surface area (Å²) >= 11 is 0. The van der Waals surface area contributed by atoms with Gasteiger partial charge in [-0.05, 0) is 47.3 Å². The van der Waals surface area contributed by atoms with Crippen LogP contribution in [0.15, 0.2) is 0 Å². The fourth-order valence-electron chi connectivity index (χ4n) is 6.32. The first-order valence-corrected chi connectivity index (χ1v) is 12.3. The average Bonchev–Trinajstić information content (AvgIpc) is 3.24. The maximum Gasteiger partial charge on any atom is 0.516 e. The molecule has 0 aromatic carbocycles. The van der Waals surface area contributed by atoms with Crippen LogP contribution < -0.4 is 4.72 Å². The standard InChI is InChI=1S/C21H36F3NO3S/c1-7-19(5,8-2)16-13-11-14(17(16)20(6,9-3)10-4)15(12-13)18(26)25-29(27,28)21(22,23)24/h13-17H,7-12H2,1-6H3,(H,25,26). The summed E-state index contributed by atoms with van der Waals surface area (Å²) in [6.45, 7) is 13.1. The number of sulfonamides is 1. The van der Waals surface area contributed by atoms with Gasteiger partial charge < -0.3 is 0 Å². The smallest absolute Gasteiger partial charge is 0.274 e. The van der Waals surface area contributed by atoms with Gasteiger partial charge in [-0.1, -0.05) is 67.2 Å². The fourth-order valence-corrected chi connectivity index (χ4v) is 6.86. The lowest BCUT2D eigenvalue weighted by molar-refractivity contribution is -0.129. The monoisotopic (exact) mass is 439 g/mol. The minimum Gasteiger partial charge on any atom is -0.274 e. The van der Waals surface area contributed by atoms with Gasteiger partial charge in [0, 0.05) is 5.92 Å². The fraction of sp³-hybridized carbons (Fsp3) is 0.952. The zero-order valence-electron chi connectivity index (χ0n) is 18.4. The summed E-state index contributed by atoms with van der Waals surface area (Å²) in [4.78, 5) is 12.7. The summed E-state index contributed by atoms with van der Waals surface area (Å²) in [5.74, 6) is -0.884. The van der Waals surface area contributed by atoms with Crippen molar-refractivity contribution in [1.29, 1.82) is 0 Å². The van der Waals surface area contributed by atoms with Gasteiger partial charge in [-0.15, -0.1) is 0 Å². The lowest BCUT2D eigenvalue weighted by Crippen LogP contribution is -2.50. The number of rotatable bonds is 8. The van der Waals surface area contributed by atoms with Crippen molar-refractivity contribution in [3.8, 4) is 0 Å². The number of halogens is 3. The third-order valence-corrected chi connectivity index (χ3v) is 9.80. The molecule has 2 saturated carbocycles. The highest BCUT2D eigenvalue weighted by molar-refractivity contribution is 7.90. The Balaban J connectivity index is 2.40. The third-order valence-electron chi connectivity index (χ3n) is 8.72. The van der Waals surface area contributed by atoms with Gasteiger partial charge in [0.2, 0.25) is 5.91 Å². The van der Waals surface area contributed by atoms with Gasteiger partial charge >= 0.3 is 15.5 Å². The molecule has 5 unspecified atom stereocenters. The molecule has 2 fully saturated rings. The Morgan fingerprint density at radius 3 is 1.76 bits per heavy atom. The summed E-state index contributed by atoms with van der Waals surface area (Å²) in [6, 6.07) is 0. The Morgan fingerprint density at radius 1 is 0.897 bits per heavy atom. The number of nitrogens with one attached hydrogen (secondary N) is 1. The van der Waals surface area contributed by atoms with Crippen molar-refractivity contribution >= 4 is 15.9 Å². The molecule has 1 amide bonds. The van der Waals surface area contributed by atoms with Crippen LogP contribution >= 0.6 is 0 Å². The second-order valence-electron chi connectivity index (χ2n) is 9.69. The zero-order chi connectivity index (χ0) is 22.4. The van der Waals surface area contributed by atoms with E-state index in [0.29, 0.717) is 12.3 Å². The predicted molar refractivity (Wildman–Crippen MR) is 107 cm³/mol. The van der Waals surface area contributed by atoms with Crippen molar-refractivity contribution in [2.24, 2.45) is 40.4 Å². The normalized spacial score (nSPS) is 30.6. The Labute approximate surface area is 173 Å². The second-order valence-corrected chi connectivity index (χ2v) is 11.4. The van der Waals surface area contributed by atoms with Crippen LogP contribution in [-0.2, 0) is 14.8 Å². The minimum absolute atomic E-state index is 0.0302. The predicted octanol–water partition coefficient (Wildman–Crippen LogP) is 5.49. The van der Waals surface area contributed by atoms with E-state index in [1.165, 1.54) is 4.72 Å². The van der Waals surface area contributed by atoms with Crippen LogP contribution in [0.2, 0.25) is 0 Å². The first-order valence-electron chi connectivity index (χ1n) is 10.8. The van der Waals surface area contributed by atoms with E-state index in [4.69, 9.17) is 0 Å². The Hall–Kier alpha value is -0.790. The number of amides is 1. The highest BCUT2D eigenvalue weighted by Crippen LogP contribution is 2.67. The van der Waals surface area contributed by atoms with Crippen molar-refractivity contribution < 1.29 is 26.4 Å². The van der Waals surface area contributed by atoms with Crippen LogP contribution in [0, 0.1) is 40.4 Å². The van der Waals surface area contributed by atoms with E-state index in [-0.39, 0.29) is 28.6 Å². The van der Waals surface area contributed by atoms with Gasteiger partial charge in [0.15, 0.2) is 0 Å². The first-order chi connectivity index (χ1) is 13.2. The summed E-state index contributed by atoms with van der Waals surface area (Å²) in [5.41, 5.74) is -5.40. The number of hydrogen-bond acceptors (Lipinski definition) is 3. The molecule has 29 heavy (non-hydrogen) atoms. The van der Waals surface area contributed by atoms with E-state index < -0.39 is 27.4 Å². The van der Waals surface area contributed by atoms with Crippen molar-refractivity contribution in [3.05, 3.63) is 0 Å². The van der Waals surface area contributed by atoms with Gasteiger partial charge in [-0.25, -0.2) is 4.72 Å². The first kappa shape index (κ1) is 24.5. The van der Waals surface area contributed by atoms with Crippen LogP contribution in [0.25, 0.3) is 0 Å². The van der Waals surface area contributed by atoms with Crippen LogP contribution in [0.5, 0.6) is 0 Å². The third kappa shape index (κ3) is 4.07. The summed E-state index contributed by atoms with van der Waals surface area (Å²) in [5, 5.41) is 0. The van der Waals surface area contributed by atoms with Gasteiger partial charge in [0.25, 0.3) is 0 Å². The molecule has 0 saturated heterocycles. The van der Waals surface area contributed by atoms with Crippen LogP contribution in [0.1, 0.15) is 80.1 Å². The molecule has 2 rings (SSSR count). The van der Waals surface area contributed by atoms with E-state index in [1.807, 2.05) is 0 Å². The van der Waals surface area contributed by atoms with Crippen molar-refractivity contribution in [3.63, 3.8) is 0 Å². The molecule has 2 bridgehead atoms. The van der Waals surface area contributed by atoms with E-state index in [1.54, 1.807) is 0 Å². The van der Waals surface area contributed by atoms with Gasteiger partial charge in [0.05, 0.1) is 0 Å². The molecule has 1 N–H and O–H groups in total. The highest BCUT2D eigenvalue weighted by atomic mass is 32.2. The maximum absolute atomic E-state index is 12.8. The van der Waals surface area contributed by atoms with Crippen molar-refractivity contribution in [2.45, 2.75) is 85.6 Å². The Bertz CT molecular complexity index is 711. The summed E-state index contributed by atoms with van der Waals surface area (Å²) in [6.07, 6.45) is 5.14. The van der Waals surface area contributed by atoms with Gasteiger partial charge in [-0.3, -0.25) is 4.79 Å². The van der Waals surface area contributed by atoms with E-state index in [9.17, 15) is 26.4 Å². The molecule has 0 aromatic rings. The van der Waals surface area contributed by atoms with Gasteiger partial charge in [-0.2, -0.15) is 21.6 Å². The second kappa shape index (κ2) is 8.04. The summed E-state index contributed by atoms with van der Waals surface area (Å²) < 4.78 is 62.5. The van der Waals surface area contributed by atoms with Gasteiger partial charge in [0.1, 0.15) is 0 Å². The number of fused-ring (bicyclic) bond motifs is 2. The van der Waals surface area contributed by atoms with Crippen LogP contribution in [0.3, 0.4) is 0 Å². The quantitative estimate of drug-likeness (QED) is 0.544. The molecule has 2 aliphatic carbocycles. The molecular formula is C21H36F3NO3S. The highest BCUT2D eigenvalue weighted by Gasteiger charge is 2.62. The molecule has 0 spiro atoms. The SMILES string of the molecule is CCC(C)(CC)C1C2CC(C(=O)NS(=O)(=O)C(F)(F)F)C(C2)C1C(C)(CC)CC. The Morgan fingerprint density at radius 2 is 1.34 bits per heavy atom. The molecule has 0 aromatic heterocycles. The molecule has 8 heteroatoms. The maximum atomic E-state index is 12.8. The molecule has 0 heterocycles. The van der Waals surface area contributed by atoms with E-state index >= 15 is 0 Å². The molecule has 170 valence electrons. The number of hydrogen-bond donors (Lipinski definition) is 1. The number of alkyl halides is 3. The molecule has 5 atom stereocenters. The number of carbonyl (C=O) groups is 1. The molecule has 0 radical (unpaired) electrons. The van der Waals surface area contributed by atoms with Crippen molar-refractivity contribution in [2.75, 3.05) is 0 Å². The average molecular weight is 440 g/mol. The van der Waals surface area contributed by atoms with E-state index in [0.717, 1.165) is 32.1 Å². The number of carbonyl (C=O) groups excluding carboxylic acids is 1. The minimum atomic E-state index is -5.67. The van der Waals surface area contributed by atoms with E-state index in [2.05, 4.69) is 41.5 Å². The summed E-state index contributed by atoms with van der Waals surface area (Å²) in [7, 11) is -5.67. The Kier molecular flexibility index (Phi) is 6.79. The molecule has 4 nitrogen and oxygen atoms in total. The topological polar surface area (TPSA) is 63.2 Å². The zero-order valence-corrected chi connectivity index (χ0v) is 19.2. The van der Waals surface area contributed by atoms with Crippen molar-refractivity contribution in [1.82, 2.24) is 4.72 Å². The lowest BCUT2D eigenvalue weighted by atomic mass is 9.53. The van der Waals surface area contributed by atoms with Crippen LogP contribution in [-0.4, -0.2) is 19.8 Å². The largest absolute Gasteiger partial charge is 0.516 e. The molecule has 2 aliphatic rings.